The Labute approximate surface area is 120 Å². The van der Waals surface area contributed by atoms with Crippen molar-refractivity contribution in [3.63, 3.8) is 0 Å². The highest BCUT2D eigenvalue weighted by Crippen LogP contribution is 2.43. The smallest absolute Gasteiger partial charge is 0.311 e. The van der Waals surface area contributed by atoms with Gasteiger partial charge in [-0.15, -0.1) is 16.4 Å². The van der Waals surface area contributed by atoms with E-state index in [4.69, 9.17) is 0 Å². The molecule has 0 atom stereocenters. The second-order valence-electron chi connectivity index (χ2n) is 5.45. The van der Waals surface area contributed by atoms with E-state index in [0.29, 0.717) is 25.2 Å². The molecule has 1 fully saturated rings. The largest absolute Gasteiger partial charge is 0.481 e. The first kappa shape index (κ1) is 13.2. The minimum Gasteiger partial charge on any atom is -0.481 e. The summed E-state index contributed by atoms with van der Waals surface area (Å²) in [5.74, 6) is -0.0811. The zero-order valence-corrected chi connectivity index (χ0v) is 12.3. The van der Waals surface area contributed by atoms with E-state index in [1.54, 1.807) is 16.0 Å². The highest BCUT2D eigenvalue weighted by Gasteiger charge is 2.45. The molecule has 20 heavy (non-hydrogen) atoms. The van der Waals surface area contributed by atoms with E-state index < -0.39 is 11.4 Å². The predicted molar refractivity (Wildman–Crippen MR) is 74.5 cm³/mol. The van der Waals surface area contributed by atoms with E-state index in [-0.39, 0.29) is 0 Å². The summed E-state index contributed by atoms with van der Waals surface area (Å²) in [7, 11) is 0. The van der Waals surface area contributed by atoms with Gasteiger partial charge in [-0.2, -0.15) is 0 Å². The van der Waals surface area contributed by atoms with Crippen molar-refractivity contribution in [2.24, 2.45) is 5.41 Å². The van der Waals surface area contributed by atoms with Gasteiger partial charge in [0.25, 0.3) is 0 Å². The van der Waals surface area contributed by atoms with Crippen LogP contribution < -0.4 is 0 Å². The van der Waals surface area contributed by atoms with Crippen molar-refractivity contribution >= 4 is 17.3 Å². The number of rotatable bonds is 4. The molecule has 1 aliphatic rings. The molecule has 0 saturated heterocycles. The van der Waals surface area contributed by atoms with Gasteiger partial charge in [0.05, 0.1) is 16.8 Å². The summed E-state index contributed by atoms with van der Waals surface area (Å²) in [4.78, 5) is 13.7. The number of aromatic nitrogens is 4. The molecule has 2 heterocycles. The Bertz CT molecular complexity index is 638. The van der Waals surface area contributed by atoms with Gasteiger partial charge >= 0.3 is 5.97 Å². The van der Waals surface area contributed by atoms with Crippen molar-refractivity contribution < 1.29 is 9.90 Å². The van der Waals surface area contributed by atoms with E-state index in [0.717, 1.165) is 11.3 Å². The summed E-state index contributed by atoms with van der Waals surface area (Å²) in [6.07, 6.45) is 2.36. The van der Waals surface area contributed by atoms with Crippen molar-refractivity contribution in [2.75, 3.05) is 0 Å². The Morgan fingerprint density at radius 1 is 1.50 bits per heavy atom. The van der Waals surface area contributed by atoms with Crippen molar-refractivity contribution in [1.29, 1.82) is 0 Å². The Morgan fingerprint density at radius 2 is 2.25 bits per heavy atom. The lowest BCUT2D eigenvalue weighted by Crippen LogP contribution is -2.42. The number of hydrogen-bond acceptors (Lipinski definition) is 5. The Kier molecular flexibility index (Phi) is 3.08. The average molecular weight is 292 g/mol. The number of aryl methyl sites for hydroxylation is 2. The van der Waals surface area contributed by atoms with Crippen LogP contribution in [-0.4, -0.2) is 31.3 Å². The average Bonchev–Trinajstić information content (AvgIpc) is 2.91. The summed E-state index contributed by atoms with van der Waals surface area (Å²) in [6.45, 7) is 4.46. The molecule has 106 valence electrons. The van der Waals surface area contributed by atoms with Gasteiger partial charge in [0.15, 0.2) is 5.82 Å². The minimum atomic E-state index is -0.747. The molecule has 2 aromatic rings. The quantitative estimate of drug-likeness (QED) is 0.935. The number of carboxylic acids is 1. The number of carbonyl (C=O) groups is 1. The molecule has 6 nitrogen and oxygen atoms in total. The summed E-state index contributed by atoms with van der Waals surface area (Å²) in [5, 5.41) is 21.2. The van der Waals surface area contributed by atoms with E-state index in [1.165, 1.54) is 10.4 Å². The molecule has 0 spiro atoms. The lowest BCUT2D eigenvalue weighted by atomic mass is 9.69. The van der Waals surface area contributed by atoms with E-state index >= 15 is 0 Å². The van der Waals surface area contributed by atoms with Crippen molar-refractivity contribution in [1.82, 2.24) is 20.2 Å². The molecule has 7 heteroatoms. The van der Waals surface area contributed by atoms with Crippen molar-refractivity contribution in [2.45, 2.75) is 39.7 Å². The van der Waals surface area contributed by atoms with Crippen LogP contribution in [0.5, 0.6) is 0 Å². The molecule has 0 aliphatic heterocycles. The van der Waals surface area contributed by atoms with Crippen molar-refractivity contribution in [3.05, 3.63) is 16.5 Å². The third kappa shape index (κ3) is 2.02. The topological polar surface area (TPSA) is 80.9 Å². The van der Waals surface area contributed by atoms with Gasteiger partial charge in [-0.3, -0.25) is 4.79 Å². The second kappa shape index (κ2) is 4.66. The van der Waals surface area contributed by atoms with Gasteiger partial charge in [-0.1, -0.05) is 6.42 Å². The van der Waals surface area contributed by atoms with Gasteiger partial charge in [0.2, 0.25) is 0 Å². The molecule has 0 unspecified atom stereocenters. The van der Waals surface area contributed by atoms with Crippen LogP contribution in [-0.2, 0) is 11.3 Å². The number of hydrogen-bond donors (Lipinski definition) is 1. The number of tetrazole rings is 1. The maximum absolute atomic E-state index is 11.5. The SMILES string of the molecule is Cc1cc(-c2nnnn2CC2(C(=O)O)CCC2)sc1C. The van der Waals surface area contributed by atoms with Crippen LogP contribution in [0, 0.1) is 19.3 Å². The van der Waals surface area contributed by atoms with Crippen LogP contribution in [0.4, 0.5) is 0 Å². The van der Waals surface area contributed by atoms with Crippen LogP contribution in [0.1, 0.15) is 29.7 Å². The second-order valence-corrected chi connectivity index (χ2v) is 6.71. The fourth-order valence-electron chi connectivity index (χ4n) is 2.50. The fourth-order valence-corrected chi connectivity index (χ4v) is 3.52. The van der Waals surface area contributed by atoms with Gasteiger partial charge in [0.1, 0.15) is 0 Å². The highest BCUT2D eigenvalue weighted by atomic mass is 32.1. The molecular weight excluding hydrogens is 276 g/mol. The fraction of sp³-hybridized carbons (Fsp3) is 0.538. The maximum atomic E-state index is 11.5. The zero-order valence-electron chi connectivity index (χ0n) is 11.5. The number of aliphatic carboxylic acids is 1. The molecular formula is C13H16N4O2S. The first-order chi connectivity index (χ1) is 9.52. The first-order valence-electron chi connectivity index (χ1n) is 6.59. The molecule has 0 radical (unpaired) electrons. The zero-order chi connectivity index (χ0) is 14.3. The van der Waals surface area contributed by atoms with E-state index in [1.807, 2.05) is 6.92 Å². The van der Waals surface area contributed by atoms with E-state index in [9.17, 15) is 9.90 Å². The highest BCUT2D eigenvalue weighted by molar-refractivity contribution is 7.15. The molecule has 1 N–H and O–H groups in total. The molecule has 1 aliphatic carbocycles. The molecule has 3 rings (SSSR count). The van der Waals surface area contributed by atoms with Crippen molar-refractivity contribution in [3.8, 4) is 10.7 Å². The van der Waals surface area contributed by atoms with Crippen LogP contribution in [0.15, 0.2) is 6.07 Å². The standard InChI is InChI=1S/C13H16N4O2S/c1-8-6-10(20-9(8)2)11-14-15-16-17(11)7-13(12(18)19)4-3-5-13/h6H,3-5,7H2,1-2H3,(H,18,19). The van der Waals surface area contributed by atoms with E-state index in [2.05, 4.69) is 28.5 Å². The minimum absolute atomic E-state index is 0.348. The van der Waals surface area contributed by atoms with Gasteiger partial charge in [0, 0.05) is 4.88 Å². The van der Waals surface area contributed by atoms with Gasteiger partial charge < -0.3 is 5.11 Å². The monoisotopic (exact) mass is 292 g/mol. The van der Waals surface area contributed by atoms with Crippen LogP contribution in [0.3, 0.4) is 0 Å². The third-order valence-electron chi connectivity index (χ3n) is 4.14. The number of thiophene rings is 1. The molecule has 1 saturated carbocycles. The maximum Gasteiger partial charge on any atom is 0.311 e. The summed E-state index contributed by atoms with van der Waals surface area (Å²) < 4.78 is 1.64. The molecule has 0 aromatic carbocycles. The summed E-state index contributed by atoms with van der Waals surface area (Å²) >= 11 is 1.64. The Morgan fingerprint density at radius 3 is 2.75 bits per heavy atom. The Balaban J connectivity index is 1.92. The van der Waals surface area contributed by atoms with Crippen LogP contribution in [0.2, 0.25) is 0 Å². The third-order valence-corrected chi connectivity index (χ3v) is 5.28. The summed E-state index contributed by atoms with van der Waals surface area (Å²) in [6, 6.07) is 2.05. The van der Waals surface area contributed by atoms with Crippen LogP contribution >= 0.6 is 11.3 Å². The molecule has 0 amide bonds. The normalized spacial score (nSPS) is 16.9. The number of nitrogens with zero attached hydrogens (tertiary/aromatic N) is 4. The molecule has 0 bridgehead atoms. The first-order valence-corrected chi connectivity index (χ1v) is 7.40. The lowest BCUT2D eigenvalue weighted by Gasteiger charge is -2.37. The summed E-state index contributed by atoms with van der Waals surface area (Å²) in [5.41, 5.74) is 0.516. The van der Waals surface area contributed by atoms with Crippen LogP contribution in [0.25, 0.3) is 10.7 Å². The lowest BCUT2D eigenvalue weighted by molar-refractivity contribution is -0.156. The van der Waals surface area contributed by atoms with Gasteiger partial charge in [-0.25, -0.2) is 4.68 Å². The predicted octanol–water partition coefficient (Wildman–Crippen LogP) is 2.27. The molecule has 2 aromatic heterocycles. The van der Waals surface area contributed by atoms with Gasteiger partial charge in [-0.05, 0) is 48.7 Å². The Hall–Kier alpha value is -1.76. The number of carboxylic acid groups (broad SMARTS) is 1.